The predicted molar refractivity (Wildman–Crippen MR) is 53.3 cm³/mol. The average Bonchev–Trinajstić information content (AvgIpc) is 2.19. The first-order valence-electron chi connectivity index (χ1n) is 3.94. The molecule has 0 heterocycles. The van der Waals surface area contributed by atoms with Crippen LogP contribution in [0.15, 0.2) is 43.7 Å². The molecule has 0 bridgehead atoms. The Kier molecular flexibility index (Phi) is 3.64. The van der Waals surface area contributed by atoms with Crippen molar-refractivity contribution in [3.8, 4) is 5.75 Å². The minimum atomic E-state index is 0.191. The largest absolute Gasteiger partial charge is 0.466 e. The van der Waals surface area contributed by atoms with Gasteiger partial charge in [-0.25, -0.2) is 0 Å². The van der Waals surface area contributed by atoms with Crippen LogP contribution in [-0.2, 0) is 4.74 Å². The summed E-state index contributed by atoms with van der Waals surface area (Å²) in [4.78, 5) is 0. The van der Waals surface area contributed by atoms with Gasteiger partial charge in [0.1, 0.15) is 5.75 Å². The first-order valence-corrected chi connectivity index (χ1v) is 3.94. The summed E-state index contributed by atoms with van der Waals surface area (Å²) in [6, 6.07) is 7.58. The van der Waals surface area contributed by atoms with Crippen LogP contribution >= 0.6 is 0 Å². The number of hydrogen-bond donors (Lipinski definition) is 0. The van der Waals surface area contributed by atoms with Crippen molar-refractivity contribution in [3.63, 3.8) is 0 Å². The first-order chi connectivity index (χ1) is 6.36. The second-order valence-corrected chi connectivity index (χ2v) is 2.37. The van der Waals surface area contributed by atoms with E-state index < -0.39 is 0 Å². The van der Waals surface area contributed by atoms with E-state index in [1.54, 1.807) is 6.08 Å². The van der Waals surface area contributed by atoms with Gasteiger partial charge in [0.05, 0.1) is 6.26 Å². The number of hydrogen-bond acceptors (Lipinski definition) is 2. The van der Waals surface area contributed by atoms with Gasteiger partial charge in [0.25, 0.3) is 0 Å². The fraction of sp³-hybridized carbons (Fsp3) is 0.0909. The van der Waals surface area contributed by atoms with Gasteiger partial charge in [-0.1, -0.05) is 31.4 Å². The Morgan fingerprint density at radius 1 is 1.15 bits per heavy atom. The normalized spacial score (nSPS) is 8.92. The molecule has 0 aliphatic rings. The van der Waals surface area contributed by atoms with Crippen LogP contribution < -0.4 is 4.74 Å². The van der Waals surface area contributed by atoms with Gasteiger partial charge in [-0.05, 0) is 17.7 Å². The minimum absolute atomic E-state index is 0.191. The van der Waals surface area contributed by atoms with E-state index in [-0.39, 0.29) is 6.79 Å². The highest BCUT2D eigenvalue weighted by atomic mass is 16.7. The Hall–Kier alpha value is -1.70. The topological polar surface area (TPSA) is 18.5 Å². The smallest absolute Gasteiger partial charge is 0.229 e. The molecule has 0 aromatic heterocycles. The standard InChI is InChI=1S/C11H12O2/c1-3-10-5-7-11(8-6-10)13-9-12-4-2/h3-8H,1-2,9H2. The Labute approximate surface area is 78.1 Å². The molecule has 0 atom stereocenters. The lowest BCUT2D eigenvalue weighted by Crippen LogP contribution is -1.97. The minimum Gasteiger partial charge on any atom is -0.466 e. The maximum atomic E-state index is 5.22. The van der Waals surface area contributed by atoms with Crippen LogP contribution in [0.4, 0.5) is 0 Å². The van der Waals surface area contributed by atoms with Gasteiger partial charge in [0.15, 0.2) is 0 Å². The molecule has 2 heteroatoms. The maximum Gasteiger partial charge on any atom is 0.229 e. The van der Waals surface area contributed by atoms with E-state index in [0.29, 0.717) is 0 Å². The van der Waals surface area contributed by atoms with Crippen LogP contribution in [0.1, 0.15) is 5.56 Å². The lowest BCUT2D eigenvalue weighted by atomic mass is 10.2. The van der Waals surface area contributed by atoms with Gasteiger partial charge in [-0.2, -0.15) is 0 Å². The molecule has 0 fully saturated rings. The second-order valence-electron chi connectivity index (χ2n) is 2.37. The zero-order valence-electron chi connectivity index (χ0n) is 7.40. The van der Waals surface area contributed by atoms with Crippen molar-refractivity contribution in [2.75, 3.05) is 6.79 Å². The fourth-order valence-electron chi connectivity index (χ4n) is 0.850. The van der Waals surface area contributed by atoms with Crippen molar-refractivity contribution in [2.24, 2.45) is 0 Å². The van der Waals surface area contributed by atoms with E-state index in [9.17, 15) is 0 Å². The molecule has 0 saturated carbocycles. The van der Waals surface area contributed by atoms with Crippen LogP contribution in [-0.4, -0.2) is 6.79 Å². The highest BCUT2D eigenvalue weighted by Gasteiger charge is 1.91. The molecular formula is C11H12O2. The Bertz CT molecular complexity index is 275. The third-order valence-corrected chi connectivity index (χ3v) is 1.53. The second kappa shape index (κ2) is 5.04. The average molecular weight is 176 g/mol. The van der Waals surface area contributed by atoms with E-state index in [2.05, 4.69) is 13.2 Å². The fourth-order valence-corrected chi connectivity index (χ4v) is 0.850. The van der Waals surface area contributed by atoms with E-state index in [0.717, 1.165) is 11.3 Å². The van der Waals surface area contributed by atoms with Gasteiger partial charge >= 0.3 is 0 Å². The summed E-state index contributed by atoms with van der Waals surface area (Å²) < 4.78 is 10.0. The van der Waals surface area contributed by atoms with Crippen LogP contribution in [0.3, 0.4) is 0 Å². The van der Waals surface area contributed by atoms with Crippen LogP contribution in [0.25, 0.3) is 6.08 Å². The number of rotatable bonds is 5. The lowest BCUT2D eigenvalue weighted by Gasteiger charge is -2.04. The molecule has 1 aromatic carbocycles. The van der Waals surface area contributed by atoms with E-state index in [4.69, 9.17) is 9.47 Å². The third-order valence-electron chi connectivity index (χ3n) is 1.53. The van der Waals surface area contributed by atoms with Crippen molar-refractivity contribution >= 4 is 6.08 Å². The van der Waals surface area contributed by atoms with Crippen LogP contribution in [0.5, 0.6) is 5.75 Å². The first kappa shape index (κ1) is 9.39. The molecule has 13 heavy (non-hydrogen) atoms. The van der Waals surface area contributed by atoms with Crippen molar-refractivity contribution in [1.29, 1.82) is 0 Å². The summed E-state index contributed by atoms with van der Waals surface area (Å²) in [6.07, 6.45) is 3.13. The number of ether oxygens (including phenoxy) is 2. The van der Waals surface area contributed by atoms with E-state index in [1.165, 1.54) is 6.26 Å². The Morgan fingerprint density at radius 3 is 2.38 bits per heavy atom. The maximum absolute atomic E-state index is 5.22. The molecule has 0 aliphatic carbocycles. The molecule has 0 aliphatic heterocycles. The molecule has 0 spiro atoms. The van der Waals surface area contributed by atoms with Crippen molar-refractivity contribution in [1.82, 2.24) is 0 Å². The summed E-state index contributed by atoms with van der Waals surface area (Å²) >= 11 is 0. The lowest BCUT2D eigenvalue weighted by molar-refractivity contribution is 0.0807. The molecule has 1 rings (SSSR count). The van der Waals surface area contributed by atoms with Gasteiger partial charge in [0.2, 0.25) is 6.79 Å². The highest BCUT2D eigenvalue weighted by Crippen LogP contribution is 2.12. The van der Waals surface area contributed by atoms with Crippen molar-refractivity contribution in [3.05, 3.63) is 49.2 Å². The molecule has 2 nitrogen and oxygen atoms in total. The summed E-state index contributed by atoms with van der Waals surface area (Å²) in [7, 11) is 0. The molecule has 0 saturated heterocycles. The van der Waals surface area contributed by atoms with Crippen LogP contribution in [0, 0.1) is 0 Å². The van der Waals surface area contributed by atoms with E-state index in [1.807, 2.05) is 24.3 Å². The summed E-state index contributed by atoms with van der Waals surface area (Å²) in [5.74, 6) is 0.771. The predicted octanol–water partition coefficient (Wildman–Crippen LogP) is 2.83. The highest BCUT2D eigenvalue weighted by molar-refractivity contribution is 5.48. The zero-order valence-corrected chi connectivity index (χ0v) is 7.40. The third kappa shape index (κ3) is 3.03. The molecule has 68 valence electrons. The summed E-state index contributed by atoms with van der Waals surface area (Å²) in [6.45, 7) is 7.25. The molecule has 0 amide bonds. The molecule has 0 radical (unpaired) electrons. The van der Waals surface area contributed by atoms with Gasteiger partial charge in [0, 0.05) is 0 Å². The van der Waals surface area contributed by atoms with E-state index >= 15 is 0 Å². The van der Waals surface area contributed by atoms with Gasteiger partial charge in [-0.3, -0.25) is 0 Å². The summed E-state index contributed by atoms with van der Waals surface area (Å²) in [5, 5.41) is 0. The molecular weight excluding hydrogens is 164 g/mol. The number of benzene rings is 1. The molecule has 1 aromatic rings. The quantitative estimate of drug-likeness (QED) is 0.390. The van der Waals surface area contributed by atoms with Crippen molar-refractivity contribution in [2.45, 2.75) is 0 Å². The Morgan fingerprint density at radius 2 is 1.85 bits per heavy atom. The molecule has 0 unspecified atom stereocenters. The van der Waals surface area contributed by atoms with Gasteiger partial charge < -0.3 is 9.47 Å². The zero-order chi connectivity index (χ0) is 9.52. The SMILES string of the molecule is C=COCOc1ccc(C=C)cc1. The van der Waals surface area contributed by atoms with Crippen LogP contribution in [0.2, 0.25) is 0 Å². The molecule has 0 N–H and O–H groups in total. The summed E-state index contributed by atoms with van der Waals surface area (Å²) in [5.41, 5.74) is 1.07. The van der Waals surface area contributed by atoms with Gasteiger partial charge in [-0.15, -0.1) is 0 Å². The Balaban J connectivity index is 2.48. The van der Waals surface area contributed by atoms with Crippen molar-refractivity contribution < 1.29 is 9.47 Å². The monoisotopic (exact) mass is 176 g/mol.